The van der Waals surface area contributed by atoms with Crippen molar-refractivity contribution in [3.05, 3.63) is 29.6 Å². The highest BCUT2D eigenvalue weighted by molar-refractivity contribution is 5.31. The first kappa shape index (κ1) is 13.7. The predicted octanol–water partition coefficient (Wildman–Crippen LogP) is 2.37. The third-order valence-electron chi connectivity index (χ3n) is 1.96. The van der Waals surface area contributed by atoms with E-state index in [0.29, 0.717) is 5.56 Å². The van der Waals surface area contributed by atoms with Crippen LogP contribution in [0.5, 0.6) is 5.75 Å². The summed E-state index contributed by atoms with van der Waals surface area (Å²) in [4.78, 5) is 0. The van der Waals surface area contributed by atoms with Crippen LogP contribution in [0.2, 0.25) is 0 Å². The van der Waals surface area contributed by atoms with Crippen LogP contribution in [0.15, 0.2) is 18.2 Å². The van der Waals surface area contributed by atoms with Crippen LogP contribution < -0.4 is 10.5 Å². The maximum atomic E-state index is 13.3. The lowest BCUT2D eigenvalue weighted by Crippen LogP contribution is -2.19. The van der Waals surface area contributed by atoms with Crippen molar-refractivity contribution in [3.8, 4) is 5.75 Å². The molecule has 0 saturated heterocycles. The van der Waals surface area contributed by atoms with Crippen molar-refractivity contribution in [3.63, 3.8) is 0 Å². The number of hydrogen-bond donors (Lipinski definition) is 1. The van der Waals surface area contributed by atoms with E-state index in [2.05, 4.69) is 4.74 Å². The molecule has 0 heterocycles. The molecule has 0 aliphatic heterocycles. The molecule has 17 heavy (non-hydrogen) atoms. The van der Waals surface area contributed by atoms with Crippen molar-refractivity contribution in [2.45, 2.75) is 12.4 Å². The van der Waals surface area contributed by atoms with E-state index in [9.17, 15) is 17.6 Å². The second-order valence-corrected chi connectivity index (χ2v) is 3.30. The molecule has 1 atom stereocenters. The first-order chi connectivity index (χ1) is 7.83. The van der Waals surface area contributed by atoms with E-state index >= 15 is 0 Å². The largest absolute Gasteiger partial charge is 0.573 e. The van der Waals surface area contributed by atoms with Gasteiger partial charge in [0, 0.05) is 7.11 Å². The van der Waals surface area contributed by atoms with Gasteiger partial charge in [0.2, 0.25) is 0 Å². The molecule has 0 fully saturated rings. The number of hydrogen-bond acceptors (Lipinski definition) is 3. The number of nitrogens with two attached hydrogens (primary N) is 1. The van der Waals surface area contributed by atoms with Gasteiger partial charge in [0.15, 0.2) is 11.6 Å². The molecule has 1 aromatic rings. The molecule has 7 heteroatoms. The van der Waals surface area contributed by atoms with Gasteiger partial charge in [0.25, 0.3) is 0 Å². The summed E-state index contributed by atoms with van der Waals surface area (Å²) in [7, 11) is 1.41. The molecule has 0 radical (unpaired) electrons. The summed E-state index contributed by atoms with van der Waals surface area (Å²) < 4.78 is 57.1. The normalized spacial score (nSPS) is 13.5. The Hall–Kier alpha value is -1.34. The number of benzene rings is 1. The number of halogens is 4. The lowest BCUT2D eigenvalue weighted by molar-refractivity contribution is -0.275. The van der Waals surface area contributed by atoms with E-state index in [0.717, 1.165) is 12.1 Å². The number of rotatable bonds is 4. The van der Waals surface area contributed by atoms with Crippen LogP contribution in [0.1, 0.15) is 11.6 Å². The summed E-state index contributed by atoms with van der Waals surface area (Å²) in [5.74, 6) is -2.00. The highest BCUT2D eigenvalue weighted by Gasteiger charge is 2.32. The fourth-order valence-corrected chi connectivity index (χ4v) is 1.23. The van der Waals surface area contributed by atoms with E-state index in [4.69, 9.17) is 10.5 Å². The summed E-state index contributed by atoms with van der Waals surface area (Å²) in [6.07, 6.45) is -4.92. The fraction of sp³-hybridized carbons (Fsp3) is 0.400. The van der Waals surface area contributed by atoms with Crippen molar-refractivity contribution >= 4 is 0 Å². The van der Waals surface area contributed by atoms with Gasteiger partial charge in [-0.05, 0) is 17.7 Å². The quantitative estimate of drug-likeness (QED) is 0.838. The molecule has 0 aliphatic rings. The van der Waals surface area contributed by atoms with Crippen molar-refractivity contribution in [2.75, 3.05) is 13.7 Å². The van der Waals surface area contributed by atoms with E-state index in [-0.39, 0.29) is 6.61 Å². The zero-order chi connectivity index (χ0) is 13.1. The predicted molar refractivity (Wildman–Crippen MR) is 51.9 cm³/mol. The summed E-state index contributed by atoms with van der Waals surface area (Å²) in [5.41, 5.74) is 5.93. The Morgan fingerprint density at radius 2 is 2.00 bits per heavy atom. The third kappa shape index (κ3) is 4.20. The second-order valence-electron chi connectivity index (χ2n) is 3.30. The molecule has 0 aromatic heterocycles. The lowest BCUT2D eigenvalue weighted by Gasteiger charge is -2.13. The first-order valence-electron chi connectivity index (χ1n) is 4.63. The molecule has 0 saturated carbocycles. The van der Waals surface area contributed by atoms with E-state index < -0.39 is 24.0 Å². The van der Waals surface area contributed by atoms with Gasteiger partial charge in [-0.25, -0.2) is 4.39 Å². The third-order valence-corrected chi connectivity index (χ3v) is 1.96. The van der Waals surface area contributed by atoms with Gasteiger partial charge in [-0.1, -0.05) is 6.07 Å². The van der Waals surface area contributed by atoms with E-state index in [1.165, 1.54) is 13.2 Å². The van der Waals surface area contributed by atoms with Crippen molar-refractivity contribution in [1.29, 1.82) is 0 Å². The SMILES string of the molecule is COC[C@H](N)c1ccc(OC(F)(F)F)c(F)c1. The maximum Gasteiger partial charge on any atom is 0.573 e. The lowest BCUT2D eigenvalue weighted by atomic mass is 10.1. The monoisotopic (exact) mass is 253 g/mol. The van der Waals surface area contributed by atoms with E-state index in [1.807, 2.05) is 0 Å². The number of ether oxygens (including phenoxy) is 2. The van der Waals surface area contributed by atoms with Gasteiger partial charge in [-0.15, -0.1) is 13.2 Å². The fourth-order valence-electron chi connectivity index (χ4n) is 1.23. The Balaban J connectivity index is 2.86. The highest BCUT2D eigenvalue weighted by Crippen LogP contribution is 2.27. The van der Waals surface area contributed by atoms with Crippen LogP contribution in [-0.2, 0) is 4.74 Å². The van der Waals surface area contributed by atoms with Crippen molar-refractivity contribution in [2.24, 2.45) is 5.73 Å². The maximum absolute atomic E-state index is 13.3. The number of methoxy groups -OCH3 is 1. The summed E-state index contributed by atoms with van der Waals surface area (Å²) in [5, 5.41) is 0. The minimum Gasteiger partial charge on any atom is -0.403 e. The van der Waals surface area contributed by atoms with Crippen LogP contribution in [0.25, 0.3) is 0 Å². The molecule has 96 valence electrons. The van der Waals surface area contributed by atoms with Gasteiger partial charge in [0.05, 0.1) is 12.6 Å². The first-order valence-corrected chi connectivity index (χ1v) is 4.63. The van der Waals surface area contributed by atoms with Gasteiger partial charge in [-0.2, -0.15) is 0 Å². The van der Waals surface area contributed by atoms with Crippen LogP contribution in [0.4, 0.5) is 17.6 Å². The average molecular weight is 253 g/mol. The Morgan fingerprint density at radius 1 is 1.35 bits per heavy atom. The second kappa shape index (κ2) is 5.33. The van der Waals surface area contributed by atoms with Crippen LogP contribution >= 0.6 is 0 Å². The van der Waals surface area contributed by atoms with Gasteiger partial charge in [0.1, 0.15) is 0 Å². The Morgan fingerprint density at radius 3 is 2.47 bits per heavy atom. The molecule has 0 unspecified atom stereocenters. The van der Waals surface area contributed by atoms with Crippen molar-refractivity contribution < 1.29 is 27.0 Å². The van der Waals surface area contributed by atoms with Gasteiger partial charge < -0.3 is 15.2 Å². The summed E-state index contributed by atoms with van der Waals surface area (Å²) >= 11 is 0. The topological polar surface area (TPSA) is 44.5 Å². The minimum atomic E-state index is -4.92. The molecule has 0 aliphatic carbocycles. The molecular weight excluding hydrogens is 242 g/mol. The molecule has 0 bridgehead atoms. The Kier molecular flexibility index (Phi) is 4.30. The minimum absolute atomic E-state index is 0.138. The standard InChI is InChI=1S/C10H11F4NO2/c1-16-5-8(15)6-2-3-9(7(11)4-6)17-10(12,13)14/h2-4,8H,5,15H2,1H3/t8-/m0/s1. The smallest absolute Gasteiger partial charge is 0.403 e. The van der Waals surface area contributed by atoms with Gasteiger partial charge >= 0.3 is 6.36 Å². The Labute approximate surface area is 95.1 Å². The zero-order valence-electron chi connectivity index (χ0n) is 8.92. The molecule has 0 amide bonds. The highest BCUT2D eigenvalue weighted by atomic mass is 19.4. The van der Waals surface area contributed by atoms with Crippen molar-refractivity contribution in [1.82, 2.24) is 0 Å². The number of alkyl halides is 3. The van der Waals surface area contributed by atoms with Crippen LogP contribution in [0.3, 0.4) is 0 Å². The molecule has 1 aromatic carbocycles. The molecular formula is C10H11F4NO2. The molecule has 1 rings (SSSR count). The summed E-state index contributed by atoms with van der Waals surface area (Å²) in [6, 6.07) is 2.43. The zero-order valence-corrected chi connectivity index (χ0v) is 8.92. The molecule has 0 spiro atoms. The molecule has 3 nitrogen and oxygen atoms in total. The Bertz CT molecular complexity index is 381. The van der Waals surface area contributed by atoms with Crippen LogP contribution in [0, 0.1) is 5.82 Å². The molecule has 2 N–H and O–H groups in total. The summed E-state index contributed by atoms with van der Waals surface area (Å²) in [6.45, 7) is 0.138. The van der Waals surface area contributed by atoms with Crippen LogP contribution in [-0.4, -0.2) is 20.1 Å². The van der Waals surface area contributed by atoms with Gasteiger partial charge in [-0.3, -0.25) is 0 Å². The average Bonchev–Trinajstić information content (AvgIpc) is 2.19. The van der Waals surface area contributed by atoms with E-state index in [1.54, 1.807) is 0 Å².